The van der Waals surface area contributed by atoms with Crippen molar-refractivity contribution in [2.75, 3.05) is 0 Å². The van der Waals surface area contributed by atoms with Gasteiger partial charge in [0.05, 0.1) is 5.56 Å². The van der Waals surface area contributed by atoms with Crippen LogP contribution in [0, 0.1) is 20.8 Å². The number of carbonyl (C=O) groups excluding carboxylic acids is 1. The molecule has 5 heteroatoms. The molecule has 0 radical (unpaired) electrons. The highest BCUT2D eigenvalue weighted by Crippen LogP contribution is 2.21. The second kappa shape index (κ2) is 4.84. The van der Waals surface area contributed by atoms with Gasteiger partial charge in [0.15, 0.2) is 0 Å². The van der Waals surface area contributed by atoms with Gasteiger partial charge in [-0.2, -0.15) is 0 Å². The van der Waals surface area contributed by atoms with E-state index < -0.39 is 17.4 Å². The lowest BCUT2D eigenvalue weighted by Gasteiger charge is -2.24. The molecule has 0 fully saturated rings. The van der Waals surface area contributed by atoms with E-state index in [2.05, 4.69) is 5.32 Å². The summed E-state index contributed by atoms with van der Waals surface area (Å²) in [5.74, 6) is -0.278. The number of aliphatic carboxylic acids is 1. The first-order chi connectivity index (χ1) is 8.23. The average molecular weight is 253 g/mol. The lowest BCUT2D eigenvalue weighted by Crippen LogP contribution is -2.51. The van der Waals surface area contributed by atoms with Crippen LogP contribution in [0.15, 0.2) is 4.42 Å². The summed E-state index contributed by atoms with van der Waals surface area (Å²) < 4.78 is 5.37. The summed E-state index contributed by atoms with van der Waals surface area (Å²) in [7, 11) is 0. The summed E-state index contributed by atoms with van der Waals surface area (Å²) in [6, 6.07) is 0. The predicted molar refractivity (Wildman–Crippen MR) is 66.7 cm³/mol. The average Bonchev–Trinajstić information content (AvgIpc) is 2.52. The van der Waals surface area contributed by atoms with Crippen molar-refractivity contribution >= 4 is 11.9 Å². The Morgan fingerprint density at radius 3 is 2.17 bits per heavy atom. The third kappa shape index (κ3) is 2.39. The number of rotatable bonds is 4. The first kappa shape index (κ1) is 14.3. The highest BCUT2D eigenvalue weighted by atomic mass is 16.4. The molecule has 1 aromatic rings. The highest BCUT2D eigenvalue weighted by molar-refractivity contribution is 5.99. The minimum Gasteiger partial charge on any atom is -0.480 e. The molecule has 1 unspecified atom stereocenters. The molecule has 0 aliphatic rings. The summed E-state index contributed by atoms with van der Waals surface area (Å²) >= 11 is 0. The molecule has 0 aromatic carbocycles. The van der Waals surface area contributed by atoms with Gasteiger partial charge in [0.25, 0.3) is 5.91 Å². The molecule has 1 aromatic heterocycles. The van der Waals surface area contributed by atoms with Crippen molar-refractivity contribution in [2.45, 2.75) is 46.6 Å². The van der Waals surface area contributed by atoms with Gasteiger partial charge in [0, 0.05) is 5.56 Å². The Morgan fingerprint density at radius 2 is 1.83 bits per heavy atom. The maximum Gasteiger partial charge on any atom is 0.329 e. The van der Waals surface area contributed by atoms with Crippen LogP contribution in [0.4, 0.5) is 0 Å². The van der Waals surface area contributed by atoms with Crippen LogP contribution in [-0.2, 0) is 4.79 Å². The number of hydrogen-bond acceptors (Lipinski definition) is 3. The number of carboxylic acid groups (broad SMARTS) is 1. The summed E-state index contributed by atoms with van der Waals surface area (Å²) in [5.41, 5.74) is -0.0940. The lowest BCUT2D eigenvalue weighted by atomic mass is 9.98. The van der Waals surface area contributed by atoms with E-state index in [-0.39, 0.29) is 0 Å². The van der Waals surface area contributed by atoms with Gasteiger partial charge in [0.2, 0.25) is 0 Å². The zero-order valence-electron chi connectivity index (χ0n) is 11.4. The summed E-state index contributed by atoms with van der Waals surface area (Å²) in [6.45, 7) is 8.46. The van der Waals surface area contributed by atoms with Gasteiger partial charge < -0.3 is 14.8 Å². The molecule has 0 saturated heterocycles. The number of amides is 1. The molecule has 1 rings (SSSR count). The Hall–Kier alpha value is -1.78. The molecule has 1 heterocycles. The zero-order valence-corrected chi connectivity index (χ0v) is 11.4. The first-order valence-electron chi connectivity index (χ1n) is 5.85. The maximum absolute atomic E-state index is 12.1. The van der Waals surface area contributed by atoms with E-state index >= 15 is 0 Å². The predicted octanol–water partition coefficient (Wildman–Crippen LogP) is 2.19. The van der Waals surface area contributed by atoms with Gasteiger partial charge >= 0.3 is 5.97 Å². The van der Waals surface area contributed by atoms with Crippen molar-refractivity contribution in [3.05, 3.63) is 22.6 Å². The van der Waals surface area contributed by atoms with Crippen LogP contribution in [0.5, 0.6) is 0 Å². The quantitative estimate of drug-likeness (QED) is 0.862. The summed E-state index contributed by atoms with van der Waals surface area (Å²) in [4.78, 5) is 23.3. The summed E-state index contributed by atoms with van der Waals surface area (Å²) in [5, 5.41) is 11.7. The Balaban J connectivity index is 3.06. The number of carbonyl (C=O) groups is 2. The molecule has 5 nitrogen and oxygen atoms in total. The topological polar surface area (TPSA) is 79.5 Å². The molecule has 100 valence electrons. The number of aryl methyl sites for hydroxylation is 2. The van der Waals surface area contributed by atoms with Crippen LogP contribution >= 0.6 is 0 Å². The van der Waals surface area contributed by atoms with Gasteiger partial charge in [-0.05, 0) is 34.1 Å². The zero-order chi connectivity index (χ0) is 14.1. The Morgan fingerprint density at radius 1 is 1.28 bits per heavy atom. The molecule has 1 atom stereocenters. The Bertz CT molecular complexity index is 489. The van der Waals surface area contributed by atoms with Crippen molar-refractivity contribution in [1.29, 1.82) is 0 Å². The van der Waals surface area contributed by atoms with Crippen LogP contribution in [0.3, 0.4) is 0 Å². The van der Waals surface area contributed by atoms with Crippen molar-refractivity contribution in [2.24, 2.45) is 0 Å². The van der Waals surface area contributed by atoms with Gasteiger partial charge in [-0.25, -0.2) is 4.79 Å². The van der Waals surface area contributed by atoms with Crippen molar-refractivity contribution in [3.63, 3.8) is 0 Å². The normalized spacial score (nSPS) is 14.1. The van der Waals surface area contributed by atoms with Crippen LogP contribution in [0.25, 0.3) is 0 Å². The second-order valence-electron chi connectivity index (χ2n) is 4.66. The second-order valence-corrected chi connectivity index (χ2v) is 4.66. The van der Waals surface area contributed by atoms with Gasteiger partial charge in [-0.15, -0.1) is 0 Å². The van der Waals surface area contributed by atoms with Crippen molar-refractivity contribution < 1.29 is 19.1 Å². The van der Waals surface area contributed by atoms with Gasteiger partial charge in [-0.3, -0.25) is 4.79 Å². The standard InChI is InChI=1S/C13H19NO4/c1-6-13(5,12(16)17)14-11(15)10-7(2)8(3)18-9(10)4/h6H2,1-5H3,(H,14,15)(H,16,17). The number of furan rings is 1. The minimum absolute atomic E-state index is 0.309. The van der Waals surface area contributed by atoms with E-state index in [4.69, 9.17) is 9.52 Å². The fraction of sp³-hybridized carbons (Fsp3) is 0.538. The first-order valence-corrected chi connectivity index (χ1v) is 5.85. The SMILES string of the molecule is CCC(C)(NC(=O)c1c(C)oc(C)c1C)C(=O)O. The third-order valence-corrected chi connectivity index (χ3v) is 3.36. The van der Waals surface area contributed by atoms with E-state index in [0.717, 1.165) is 5.56 Å². The lowest BCUT2D eigenvalue weighted by molar-refractivity contribution is -0.143. The van der Waals surface area contributed by atoms with Crippen LogP contribution in [0.1, 0.15) is 47.7 Å². The molecule has 2 N–H and O–H groups in total. The number of carboxylic acids is 1. The van der Waals surface area contributed by atoms with Gasteiger partial charge in [-0.1, -0.05) is 6.92 Å². The van der Waals surface area contributed by atoms with E-state index in [0.29, 0.717) is 23.5 Å². The van der Waals surface area contributed by atoms with E-state index in [1.807, 2.05) is 0 Å². The van der Waals surface area contributed by atoms with E-state index in [1.54, 1.807) is 27.7 Å². The van der Waals surface area contributed by atoms with Crippen molar-refractivity contribution in [3.8, 4) is 0 Å². The molecule has 0 bridgehead atoms. The molecule has 1 amide bonds. The van der Waals surface area contributed by atoms with Crippen LogP contribution in [-0.4, -0.2) is 22.5 Å². The van der Waals surface area contributed by atoms with Crippen molar-refractivity contribution in [1.82, 2.24) is 5.32 Å². The largest absolute Gasteiger partial charge is 0.480 e. The third-order valence-electron chi connectivity index (χ3n) is 3.36. The molecule has 0 spiro atoms. The smallest absolute Gasteiger partial charge is 0.329 e. The Kier molecular flexibility index (Phi) is 3.84. The number of hydrogen-bond donors (Lipinski definition) is 2. The molecule has 0 aliphatic carbocycles. The highest BCUT2D eigenvalue weighted by Gasteiger charge is 2.34. The van der Waals surface area contributed by atoms with Crippen LogP contribution < -0.4 is 5.32 Å². The van der Waals surface area contributed by atoms with Gasteiger partial charge in [0.1, 0.15) is 17.1 Å². The molecule has 0 saturated carbocycles. The molecular formula is C13H19NO4. The molecule has 18 heavy (non-hydrogen) atoms. The minimum atomic E-state index is -1.26. The summed E-state index contributed by atoms with van der Waals surface area (Å²) in [6.07, 6.45) is 0.309. The van der Waals surface area contributed by atoms with E-state index in [1.165, 1.54) is 6.92 Å². The van der Waals surface area contributed by atoms with Crippen LogP contribution in [0.2, 0.25) is 0 Å². The molecular weight excluding hydrogens is 234 g/mol. The maximum atomic E-state index is 12.1. The van der Waals surface area contributed by atoms with E-state index in [9.17, 15) is 9.59 Å². The monoisotopic (exact) mass is 253 g/mol. The Labute approximate surface area is 106 Å². The fourth-order valence-corrected chi connectivity index (χ4v) is 1.73. The molecule has 0 aliphatic heterocycles. The fourth-order valence-electron chi connectivity index (χ4n) is 1.73. The number of nitrogens with one attached hydrogen (secondary N) is 1.